The summed E-state index contributed by atoms with van der Waals surface area (Å²) in [6, 6.07) is 6.49. The minimum atomic E-state index is -4.38. The van der Waals surface area contributed by atoms with Gasteiger partial charge in [-0.05, 0) is 44.5 Å². The van der Waals surface area contributed by atoms with Crippen molar-refractivity contribution in [3.05, 3.63) is 58.9 Å². The van der Waals surface area contributed by atoms with Crippen molar-refractivity contribution in [1.82, 2.24) is 20.1 Å². The van der Waals surface area contributed by atoms with Crippen LogP contribution in [0.3, 0.4) is 0 Å². The van der Waals surface area contributed by atoms with Crippen LogP contribution < -0.4 is 5.32 Å². The average molecular weight is 376 g/mol. The van der Waals surface area contributed by atoms with E-state index < -0.39 is 11.7 Å². The monoisotopic (exact) mass is 376 g/mol. The Balaban J connectivity index is 1.80. The molecule has 0 saturated carbocycles. The number of rotatable bonds is 4. The van der Waals surface area contributed by atoms with Gasteiger partial charge in [0.1, 0.15) is 0 Å². The van der Waals surface area contributed by atoms with Crippen LogP contribution in [-0.2, 0) is 12.7 Å². The van der Waals surface area contributed by atoms with E-state index in [0.717, 1.165) is 12.1 Å². The molecule has 0 spiro atoms. The maximum atomic E-state index is 12.6. The van der Waals surface area contributed by atoms with Crippen LogP contribution in [-0.4, -0.2) is 20.7 Å². The standard InChI is InChI=1S/C19H19F3N4O/c1-11(2)26-17-16(10-24-26)15(8-12(3)25-17)18(27)23-9-13-4-6-14(7-5-13)19(20,21)22/h4-8,10-11H,9H2,1-3H3,(H,23,27). The van der Waals surface area contributed by atoms with Crippen LogP contribution in [0.4, 0.5) is 13.2 Å². The molecule has 0 aliphatic rings. The van der Waals surface area contributed by atoms with Crippen LogP contribution in [0.15, 0.2) is 36.5 Å². The number of pyridine rings is 1. The molecule has 0 radical (unpaired) electrons. The molecule has 1 N–H and O–H groups in total. The van der Waals surface area contributed by atoms with Crippen LogP contribution in [0, 0.1) is 6.92 Å². The first kappa shape index (κ1) is 18.9. The molecule has 5 nitrogen and oxygen atoms in total. The van der Waals surface area contributed by atoms with Gasteiger partial charge in [-0.2, -0.15) is 18.3 Å². The minimum absolute atomic E-state index is 0.0971. The molecule has 3 aromatic rings. The average Bonchev–Trinajstić information content (AvgIpc) is 3.02. The molecule has 8 heteroatoms. The number of fused-ring (bicyclic) bond motifs is 1. The Kier molecular flexibility index (Phi) is 4.91. The molecular formula is C19H19F3N4O. The zero-order valence-corrected chi connectivity index (χ0v) is 15.1. The summed E-state index contributed by atoms with van der Waals surface area (Å²) in [5.41, 5.74) is 1.62. The molecule has 0 unspecified atom stereocenters. The van der Waals surface area contributed by atoms with Gasteiger partial charge in [-0.25, -0.2) is 9.67 Å². The lowest BCUT2D eigenvalue weighted by Crippen LogP contribution is -2.23. The van der Waals surface area contributed by atoms with Crippen LogP contribution >= 0.6 is 0 Å². The number of aromatic nitrogens is 3. The molecule has 0 fully saturated rings. The van der Waals surface area contributed by atoms with Crippen molar-refractivity contribution in [2.75, 3.05) is 0 Å². The minimum Gasteiger partial charge on any atom is -0.348 e. The normalized spacial score (nSPS) is 12.0. The number of hydrogen-bond acceptors (Lipinski definition) is 3. The van der Waals surface area contributed by atoms with Gasteiger partial charge >= 0.3 is 6.18 Å². The molecule has 2 heterocycles. The van der Waals surface area contributed by atoms with Crippen molar-refractivity contribution < 1.29 is 18.0 Å². The number of benzene rings is 1. The van der Waals surface area contributed by atoms with Crippen LogP contribution in [0.1, 0.15) is 47.1 Å². The van der Waals surface area contributed by atoms with Crippen LogP contribution in [0.25, 0.3) is 11.0 Å². The summed E-state index contributed by atoms with van der Waals surface area (Å²) < 4.78 is 39.6. The van der Waals surface area contributed by atoms with E-state index in [1.807, 2.05) is 13.8 Å². The summed E-state index contributed by atoms with van der Waals surface area (Å²) in [5, 5.41) is 7.68. The third-order valence-corrected chi connectivity index (χ3v) is 4.16. The Hall–Kier alpha value is -2.90. The second-order valence-electron chi connectivity index (χ2n) is 6.61. The summed E-state index contributed by atoms with van der Waals surface area (Å²) in [5.74, 6) is -0.325. The molecule has 1 aromatic carbocycles. The second-order valence-corrected chi connectivity index (χ2v) is 6.61. The SMILES string of the molecule is Cc1cc(C(=O)NCc2ccc(C(F)(F)F)cc2)c2cnn(C(C)C)c2n1. The Labute approximate surface area is 154 Å². The highest BCUT2D eigenvalue weighted by molar-refractivity contribution is 6.05. The maximum Gasteiger partial charge on any atom is 0.416 e. The van der Waals surface area contributed by atoms with E-state index in [9.17, 15) is 18.0 Å². The second kappa shape index (κ2) is 7.02. The van der Waals surface area contributed by atoms with Crippen molar-refractivity contribution in [2.45, 2.75) is 39.5 Å². The van der Waals surface area contributed by atoms with Gasteiger partial charge in [0, 0.05) is 18.3 Å². The number of carbonyl (C=O) groups is 1. The van der Waals surface area contributed by atoms with Crippen LogP contribution in [0.5, 0.6) is 0 Å². The molecule has 27 heavy (non-hydrogen) atoms. The lowest BCUT2D eigenvalue weighted by molar-refractivity contribution is -0.137. The molecule has 1 amide bonds. The molecule has 2 aromatic heterocycles. The van der Waals surface area contributed by atoms with Crippen molar-refractivity contribution in [3.8, 4) is 0 Å². The zero-order chi connectivity index (χ0) is 19.8. The highest BCUT2D eigenvalue weighted by atomic mass is 19.4. The molecule has 142 valence electrons. The smallest absolute Gasteiger partial charge is 0.348 e. The summed E-state index contributed by atoms with van der Waals surface area (Å²) >= 11 is 0. The Morgan fingerprint density at radius 3 is 2.48 bits per heavy atom. The van der Waals surface area contributed by atoms with Gasteiger partial charge in [-0.15, -0.1) is 0 Å². The third kappa shape index (κ3) is 3.94. The molecule has 0 bridgehead atoms. The van der Waals surface area contributed by atoms with Gasteiger partial charge in [0.15, 0.2) is 5.65 Å². The lowest BCUT2D eigenvalue weighted by atomic mass is 10.1. The first-order valence-corrected chi connectivity index (χ1v) is 8.46. The molecule has 0 aliphatic heterocycles. The summed E-state index contributed by atoms with van der Waals surface area (Å²) in [7, 11) is 0. The topological polar surface area (TPSA) is 59.8 Å². The van der Waals surface area contributed by atoms with E-state index in [2.05, 4.69) is 15.4 Å². The predicted octanol–water partition coefficient (Wildman–Crippen LogP) is 4.27. The first-order valence-electron chi connectivity index (χ1n) is 8.46. The lowest BCUT2D eigenvalue weighted by Gasteiger charge is -2.10. The Morgan fingerprint density at radius 2 is 1.89 bits per heavy atom. The van der Waals surface area contributed by atoms with Crippen molar-refractivity contribution in [3.63, 3.8) is 0 Å². The fourth-order valence-corrected chi connectivity index (χ4v) is 2.80. The molecule has 3 rings (SSSR count). The summed E-state index contributed by atoms with van der Waals surface area (Å²) in [6.45, 7) is 5.86. The number of carbonyl (C=O) groups excluding carboxylic acids is 1. The third-order valence-electron chi connectivity index (χ3n) is 4.16. The molecule has 0 aliphatic carbocycles. The number of aryl methyl sites for hydroxylation is 1. The number of halogens is 3. The quantitative estimate of drug-likeness (QED) is 0.740. The number of alkyl halides is 3. The van der Waals surface area contributed by atoms with Gasteiger partial charge in [0.25, 0.3) is 5.91 Å². The molecule has 0 saturated heterocycles. The van der Waals surface area contributed by atoms with E-state index in [-0.39, 0.29) is 18.5 Å². The number of hydrogen-bond donors (Lipinski definition) is 1. The zero-order valence-electron chi connectivity index (χ0n) is 15.1. The largest absolute Gasteiger partial charge is 0.416 e. The Morgan fingerprint density at radius 1 is 1.22 bits per heavy atom. The van der Waals surface area contributed by atoms with E-state index in [1.165, 1.54) is 12.1 Å². The van der Waals surface area contributed by atoms with Gasteiger partial charge < -0.3 is 5.32 Å². The van der Waals surface area contributed by atoms with E-state index in [1.54, 1.807) is 23.9 Å². The van der Waals surface area contributed by atoms with Gasteiger partial charge in [-0.1, -0.05) is 12.1 Å². The van der Waals surface area contributed by atoms with Crippen molar-refractivity contribution >= 4 is 16.9 Å². The number of nitrogens with one attached hydrogen (secondary N) is 1. The highest BCUT2D eigenvalue weighted by Gasteiger charge is 2.29. The first-order chi connectivity index (χ1) is 12.7. The molecular weight excluding hydrogens is 357 g/mol. The summed E-state index contributed by atoms with van der Waals surface area (Å²) in [6.07, 6.45) is -2.77. The van der Waals surface area contributed by atoms with Crippen molar-refractivity contribution in [2.24, 2.45) is 0 Å². The summed E-state index contributed by atoms with van der Waals surface area (Å²) in [4.78, 5) is 17.1. The van der Waals surface area contributed by atoms with Gasteiger partial charge in [0.2, 0.25) is 0 Å². The number of amides is 1. The Bertz CT molecular complexity index is 975. The fraction of sp³-hybridized carbons (Fsp3) is 0.316. The van der Waals surface area contributed by atoms with E-state index in [0.29, 0.717) is 27.9 Å². The van der Waals surface area contributed by atoms with Crippen molar-refractivity contribution in [1.29, 1.82) is 0 Å². The van der Waals surface area contributed by atoms with Gasteiger partial charge in [-0.3, -0.25) is 4.79 Å². The van der Waals surface area contributed by atoms with Gasteiger partial charge in [0.05, 0.1) is 22.7 Å². The predicted molar refractivity (Wildman–Crippen MR) is 95.3 cm³/mol. The fourth-order valence-electron chi connectivity index (χ4n) is 2.80. The molecule has 0 atom stereocenters. The van der Waals surface area contributed by atoms with Crippen LogP contribution in [0.2, 0.25) is 0 Å². The number of nitrogens with zero attached hydrogens (tertiary/aromatic N) is 3. The maximum absolute atomic E-state index is 12.6. The highest BCUT2D eigenvalue weighted by Crippen LogP contribution is 2.29. The van der Waals surface area contributed by atoms with E-state index in [4.69, 9.17) is 0 Å². The van der Waals surface area contributed by atoms with E-state index >= 15 is 0 Å².